The number of amides is 1. The molecule has 2 rings (SSSR count). The van der Waals surface area contributed by atoms with Gasteiger partial charge in [0.05, 0.1) is 24.2 Å². The summed E-state index contributed by atoms with van der Waals surface area (Å²) in [5, 5.41) is 9.57. The molecule has 0 aromatic heterocycles. The summed E-state index contributed by atoms with van der Waals surface area (Å²) in [6.07, 6.45) is 1.18. The van der Waals surface area contributed by atoms with Gasteiger partial charge in [-0.3, -0.25) is 4.79 Å². The Hall–Kier alpha value is -1.33. The zero-order valence-corrected chi connectivity index (χ0v) is 11.8. The molecule has 1 aromatic rings. The predicted molar refractivity (Wildman–Crippen MR) is 73.3 cm³/mol. The monoisotopic (exact) mass is 301 g/mol. The van der Waals surface area contributed by atoms with Crippen LogP contribution in [0.3, 0.4) is 0 Å². The van der Waals surface area contributed by atoms with E-state index in [2.05, 4.69) is 0 Å². The van der Waals surface area contributed by atoms with Gasteiger partial charge in [0.2, 0.25) is 5.91 Å². The van der Waals surface area contributed by atoms with Crippen molar-refractivity contribution >= 4 is 17.5 Å². The van der Waals surface area contributed by atoms with Crippen molar-refractivity contribution in [1.82, 2.24) is 4.90 Å². The summed E-state index contributed by atoms with van der Waals surface area (Å²) in [5.74, 6) is -0.0598. The number of hydrogen-bond acceptors (Lipinski definition) is 3. The van der Waals surface area contributed by atoms with Crippen LogP contribution in [0.25, 0.3) is 0 Å². The Bertz CT molecular complexity index is 475. The van der Waals surface area contributed by atoms with Crippen LogP contribution < -0.4 is 4.74 Å². The number of aliphatic hydroxyl groups is 1. The first-order valence-corrected chi connectivity index (χ1v) is 6.98. The number of hydrogen-bond donors (Lipinski definition) is 1. The third-order valence-electron chi connectivity index (χ3n) is 3.28. The van der Waals surface area contributed by atoms with Crippen LogP contribution in [0.5, 0.6) is 5.75 Å². The fourth-order valence-corrected chi connectivity index (χ4v) is 2.34. The number of nitrogens with zero attached hydrogens (tertiary/aromatic N) is 1. The van der Waals surface area contributed by atoms with E-state index in [1.807, 2.05) is 0 Å². The fraction of sp³-hybridized carbons (Fsp3) is 0.500. The van der Waals surface area contributed by atoms with Crippen molar-refractivity contribution in [2.75, 3.05) is 19.7 Å². The van der Waals surface area contributed by atoms with E-state index in [9.17, 15) is 14.3 Å². The van der Waals surface area contributed by atoms with E-state index in [-0.39, 0.29) is 30.1 Å². The molecule has 0 radical (unpaired) electrons. The molecule has 1 aromatic carbocycles. The van der Waals surface area contributed by atoms with E-state index in [0.29, 0.717) is 31.7 Å². The van der Waals surface area contributed by atoms with Crippen LogP contribution in [0.4, 0.5) is 4.39 Å². The van der Waals surface area contributed by atoms with Crippen molar-refractivity contribution in [2.45, 2.75) is 25.4 Å². The molecule has 6 heteroatoms. The second kappa shape index (κ2) is 6.90. The van der Waals surface area contributed by atoms with Crippen LogP contribution in [0.1, 0.15) is 19.3 Å². The lowest BCUT2D eigenvalue weighted by Gasteiger charge is -2.29. The molecular weight excluding hydrogens is 285 g/mol. The summed E-state index contributed by atoms with van der Waals surface area (Å²) in [4.78, 5) is 13.6. The van der Waals surface area contributed by atoms with Gasteiger partial charge in [0, 0.05) is 13.1 Å². The molecule has 0 unspecified atom stereocenters. The highest BCUT2D eigenvalue weighted by atomic mass is 35.5. The van der Waals surface area contributed by atoms with Crippen LogP contribution in [0.15, 0.2) is 18.2 Å². The maximum atomic E-state index is 12.9. The Morgan fingerprint density at radius 2 is 2.15 bits per heavy atom. The van der Waals surface area contributed by atoms with Crippen molar-refractivity contribution in [2.24, 2.45) is 0 Å². The molecule has 1 aliphatic heterocycles. The van der Waals surface area contributed by atoms with E-state index < -0.39 is 5.82 Å². The summed E-state index contributed by atoms with van der Waals surface area (Å²) in [5.41, 5.74) is 0. The minimum absolute atomic E-state index is 0.00451. The Morgan fingerprint density at radius 1 is 1.45 bits per heavy atom. The maximum absolute atomic E-state index is 12.9. The predicted octanol–water partition coefficient (Wildman–Crippen LogP) is 2.23. The highest BCUT2D eigenvalue weighted by Gasteiger charge is 2.20. The number of halogens is 2. The lowest BCUT2D eigenvalue weighted by molar-refractivity contribution is -0.133. The van der Waals surface area contributed by atoms with Gasteiger partial charge in [-0.2, -0.15) is 0 Å². The molecular formula is C14H17ClFNO3. The molecule has 1 saturated heterocycles. The van der Waals surface area contributed by atoms with Crippen molar-refractivity contribution in [1.29, 1.82) is 0 Å². The van der Waals surface area contributed by atoms with E-state index in [1.54, 1.807) is 4.90 Å². The van der Waals surface area contributed by atoms with Gasteiger partial charge in [-0.1, -0.05) is 11.6 Å². The van der Waals surface area contributed by atoms with Crippen molar-refractivity contribution in [3.05, 3.63) is 29.0 Å². The van der Waals surface area contributed by atoms with Crippen molar-refractivity contribution in [3.8, 4) is 5.75 Å². The number of likely N-dealkylation sites (tertiary alicyclic amines) is 1. The molecule has 1 amide bonds. The highest BCUT2D eigenvalue weighted by Crippen LogP contribution is 2.25. The zero-order chi connectivity index (χ0) is 14.5. The second-order valence-corrected chi connectivity index (χ2v) is 5.19. The normalized spacial score (nSPS) is 16.2. The lowest BCUT2D eigenvalue weighted by Crippen LogP contribution is -2.40. The average molecular weight is 302 g/mol. The molecule has 0 spiro atoms. The van der Waals surface area contributed by atoms with Gasteiger partial charge < -0.3 is 14.7 Å². The lowest BCUT2D eigenvalue weighted by atomic mass is 10.1. The molecule has 4 nitrogen and oxygen atoms in total. The van der Waals surface area contributed by atoms with Crippen LogP contribution in [0.2, 0.25) is 5.02 Å². The third-order valence-corrected chi connectivity index (χ3v) is 3.58. The van der Waals surface area contributed by atoms with E-state index in [0.717, 1.165) is 0 Å². The number of rotatable bonds is 4. The largest absolute Gasteiger partial charge is 0.491 e. The van der Waals surface area contributed by atoms with Crippen LogP contribution in [-0.2, 0) is 4.79 Å². The molecule has 1 N–H and O–H groups in total. The minimum atomic E-state index is -0.426. The number of benzene rings is 1. The first-order valence-electron chi connectivity index (χ1n) is 6.60. The molecule has 1 aliphatic rings. The molecule has 1 fully saturated rings. The number of aliphatic hydroxyl groups excluding tert-OH is 1. The van der Waals surface area contributed by atoms with Gasteiger partial charge in [0.25, 0.3) is 0 Å². The Labute approximate surface area is 122 Å². The summed E-state index contributed by atoms with van der Waals surface area (Å²) in [6.45, 7) is 1.36. The maximum Gasteiger partial charge on any atom is 0.226 e. The van der Waals surface area contributed by atoms with E-state index in [4.69, 9.17) is 16.3 Å². The minimum Gasteiger partial charge on any atom is -0.491 e. The van der Waals surface area contributed by atoms with Gasteiger partial charge in [-0.25, -0.2) is 4.39 Å². The average Bonchev–Trinajstić information content (AvgIpc) is 2.42. The third kappa shape index (κ3) is 4.08. The number of ether oxygens (including phenoxy) is 1. The van der Waals surface area contributed by atoms with Gasteiger partial charge in [0.15, 0.2) is 0 Å². The first-order chi connectivity index (χ1) is 9.56. The molecule has 0 saturated carbocycles. The Balaban J connectivity index is 1.76. The molecule has 20 heavy (non-hydrogen) atoms. The number of carbonyl (C=O) groups excluding carboxylic acids is 1. The van der Waals surface area contributed by atoms with E-state index >= 15 is 0 Å². The number of piperidine rings is 1. The Morgan fingerprint density at radius 3 is 2.80 bits per heavy atom. The molecule has 1 heterocycles. The second-order valence-electron chi connectivity index (χ2n) is 4.79. The number of carbonyl (C=O) groups is 1. The summed E-state index contributed by atoms with van der Waals surface area (Å²) >= 11 is 5.82. The van der Waals surface area contributed by atoms with Crippen LogP contribution in [0, 0.1) is 5.82 Å². The summed E-state index contributed by atoms with van der Waals surface area (Å²) < 4.78 is 18.2. The van der Waals surface area contributed by atoms with Crippen LogP contribution in [-0.4, -0.2) is 41.7 Å². The SMILES string of the molecule is O=C(CCOc1ccc(F)cc1Cl)N1CCC(O)CC1. The van der Waals surface area contributed by atoms with E-state index in [1.165, 1.54) is 18.2 Å². The molecule has 110 valence electrons. The molecule has 0 atom stereocenters. The fourth-order valence-electron chi connectivity index (χ4n) is 2.11. The Kier molecular flexibility index (Phi) is 5.20. The molecule has 0 bridgehead atoms. The quantitative estimate of drug-likeness (QED) is 0.928. The zero-order valence-electron chi connectivity index (χ0n) is 11.0. The summed E-state index contributed by atoms with van der Waals surface area (Å²) in [6, 6.07) is 3.87. The van der Waals surface area contributed by atoms with Crippen molar-refractivity contribution < 1.29 is 19.0 Å². The molecule has 0 aliphatic carbocycles. The standard InChI is InChI=1S/C14H17ClFNO3/c15-12-9-10(16)1-2-13(12)20-8-5-14(19)17-6-3-11(18)4-7-17/h1-2,9,11,18H,3-8H2. The first kappa shape index (κ1) is 15.1. The smallest absolute Gasteiger partial charge is 0.226 e. The van der Waals surface area contributed by atoms with Crippen molar-refractivity contribution in [3.63, 3.8) is 0 Å². The highest BCUT2D eigenvalue weighted by molar-refractivity contribution is 6.32. The van der Waals surface area contributed by atoms with Gasteiger partial charge in [0.1, 0.15) is 11.6 Å². The van der Waals surface area contributed by atoms with Gasteiger partial charge in [-0.05, 0) is 31.0 Å². The van der Waals surface area contributed by atoms with Crippen LogP contribution >= 0.6 is 11.6 Å². The van der Waals surface area contributed by atoms with Gasteiger partial charge in [-0.15, -0.1) is 0 Å². The summed E-state index contributed by atoms with van der Waals surface area (Å²) in [7, 11) is 0. The topological polar surface area (TPSA) is 49.8 Å². The van der Waals surface area contributed by atoms with Gasteiger partial charge >= 0.3 is 0 Å².